The van der Waals surface area contributed by atoms with Crippen LogP contribution in [0.1, 0.15) is 97.7 Å². The first-order valence-electron chi connectivity index (χ1n) is 18.7. The second-order valence-corrected chi connectivity index (χ2v) is 17.7. The summed E-state index contributed by atoms with van der Waals surface area (Å²) >= 11 is 1.54. The largest absolute Gasteiger partial charge is 0.493 e. The predicted octanol–water partition coefficient (Wildman–Crippen LogP) is 5.54. The summed E-state index contributed by atoms with van der Waals surface area (Å²) < 4.78 is 26.5. The zero-order valence-electron chi connectivity index (χ0n) is 32.1. The summed E-state index contributed by atoms with van der Waals surface area (Å²) in [6.45, 7) is 14.7. The molecular formula is C39H56FN5O7S. The number of likely N-dealkylation sites (tertiary alicyclic amines) is 2. The molecule has 53 heavy (non-hydrogen) atoms. The number of β-amino-alcohol motifs (C(OH)–C–C–N with tert-alkyl or cyclic N) is 1. The molecule has 2 aromatic rings. The van der Waals surface area contributed by atoms with Gasteiger partial charge in [0.2, 0.25) is 11.8 Å². The number of piperidine rings is 1. The van der Waals surface area contributed by atoms with Crippen molar-refractivity contribution >= 4 is 35.2 Å². The normalized spacial score (nSPS) is 20.8. The smallest absolute Gasteiger partial charge is 0.410 e. The van der Waals surface area contributed by atoms with Crippen LogP contribution in [-0.2, 0) is 25.7 Å². The first kappa shape index (κ1) is 40.4. The lowest BCUT2D eigenvalue weighted by Gasteiger charge is -2.35. The van der Waals surface area contributed by atoms with E-state index in [4.69, 9.17) is 9.47 Å². The fourth-order valence-corrected chi connectivity index (χ4v) is 7.66. The molecule has 2 saturated heterocycles. The number of hydrogen-bond donors (Lipinski definition) is 3. The third-order valence-corrected chi connectivity index (χ3v) is 11.1. The molecule has 2 aliphatic heterocycles. The minimum Gasteiger partial charge on any atom is -0.493 e. The summed E-state index contributed by atoms with van der Waals surface area (Å²) in [4.78, 5) is 61.1. The molecule has 1 saturated carbocycles. The molecule has 3 N–H and O–H groups in total. The zero-order valence-corrected chi connectivity index (χ0v) is 32.9. The van der Waals surface area contributed by atoms with Crippen LogP contribution in [0, 0.1) is 18.3 Å². The van der Waals surface area contributed by atoms with Crippen LogP contribution < -0.4 is 15.4 Å². The van der Waals surface area contributed by atoms with Crippen molar-refractivity contribution in [3.05, 3.63) is 35.0 Å². The van der Waals surface area contributed by atoms with Crippen molar-refractivity contribution in [2.24, 2.45) is 11.3 Å². The first-order valence-corrected chi connectivity index (χ1v) is 19.6. The van der Waals surface area contributed by atoms with Gasteiger partial charge >= 0.3 is 6.09 Å². The van der Waals surface area contributed by atoms with E-state index in [-0.39, 0.29) is 38.4 Å². The standard InChI is InChI=1S/C39H56FN5O7S/c1-24-31(53-23-42-24)26-10-11-27(30(19-26)51-18-8-9-25-12-16-44(17-13-25)36(50)52-38(5,6)7)21-41-33(47)29-20-28(46)22-45(29)34(48)32(37(2,3)4)43-35(49)39(40)14-15-39/h10-11,19,23,25,28-29,32,46H,8-9,12-18,20-22H2,1-7H3,(H,41,47)(H,43,49)/t28-,29+,32-/m1/s1. The highest BCUT2D eigenvalue weighted by atomic mass is 32.1. The molecule has 1 aliphatic carbocycles. The molecule has 3 aliphatic rings. The molecule has 1 aromatic carbocycles. The number of rotatable bonds is 12. The lowest BCUT2D eigenvalue weighted by molar-refractivity contribution is -0.145. The summed E-state index contributed by atoms with van der Waals surface area (Å²) in [6, 6.07) is 3.80. The number of aryl methyl sites for hydroxylation is 1. The van der Waals surface area contributed by atoms with Crippen molar-refractivity contribution < 1.29 is 38.1 Å². The summed E-state index contributed by atoms with van der Waals surface area (Å²) in [7, 11) is 0. The number of hydrogen-bond acceptors (Lipinski definition) is 9. The number of carbonyl (C=O) groups is 4. The Bertz CT molecular complexity index is 1640. The molecule has 1 aromatic heterocycles. The topological polar surface area (TPSA) is 150 Å². The van der Waals surface area contributed by atoms with Gasteiger partial charge in [0.1, 0.15) is 23.4 Å². The van der Waals surface area contributed by atoms with E-state index in [0.717, 1.165) is 47.4 Å². The molecule has 0 bridgehead atoms. The van der Waals surface area contributed by atoms with Crippen LogP contribution in [0.25, 0.3) is 10.4 Å². The van der Waals surface area contributed by atoms with Crippen molar-refractivity contribution in [3.63, 3.8) is 0 Å². The first-order chi connectivity index (χ1) is 24.8. The number of benzene rings is 1. The van der Waals surface area contributed by atoms with Crippen molar-refractivity contribution in [2.75, 3.05) is 26.2 Å². The number of aliphatic hydroxyl groups is 1. The maximum Gasteiger partial charge on any atom is 0.410 e. The van der Waals surface area contributed by atoms with Gasteiger partial charge in [-0.3, -0.25) is 14.4 Å². The fraction of sp³-hybridized carbons (Fsp3) is 0.667. The quantitative estimate of drug-likeness (QED) is 0.239. The number of halogens is 1. The minimum absolute atomic E-state index is 0.0408. The number of alkyl halides is 1. The highest BCUT2D eigenvalue weighted by Crippen LogP contribution is 2.40. The Hall–Kier alpha value is -3.78. The number of ether oxygens (including phenoxy) is 2. The maximum atomic E-state index is 14.6. The van der Waals surface area contributed by atoms with Gasteiger partial charge in [-0.2, -0.15) is 0 Å². The molecule has 5 rings (SSSR count). The number of nitrogens with zero attached hydrogens (tertiary/aromatic N) is 3. The lowest BCUT2D eigenvalue weighted by atomic mass is 9.85. The summed E-state index contributed by atoms with van der Waals surface area (Å²) in [5.74, 6) is -0.683. The van der Waals surface area contributed by atoms with Gasteiger partial charge in [-0.15, -0.1) is 11.3 Å². The molecule has 3 atom stereocenters. The van der Waals surface area contributed by atoms with E-state index in [2.05, 4.69) is 15.6 Å². The van der Waals surface area contributed by atoms with Gasteiger partial charge in [-0.1, -0.05) is 32.9 Å². The average molecular weight is 758 g/mol. The summed E-state index contributed by atoms with van der Waals surface area (Å²) in [5.41, 5.74) is 1.17. The van der Waals surface area contributed by atoms with Crippen molar-refractivity contribution in [2.45, 2.75) is 129 Å². The Balaban J connectivity index is 1.21. The van der Waals surface area contributed by atoms with Crippen molar-refractivity contribution in [3.8, 4) is 16.2 Å². The van der Waals surface area contributed by atoms with Crippen LogP contribution in [0.5, 0.6) is 5.75 Å². The minimum atomic E-state index is -1.96. The fourth-order valence-electron chi connectivity index (χ4n) is 6.86. The van der Waals surface area contributed by atoms with Crippen molar-refractivity contribution in [1.82, 2.24) is 25.4 Å². The number of aliphatic hydroxyl groups excluding tert-OH is 1. The highest BCUT2D eigenvalue weighted by molar-refractivity contribution is 7.13. The van der Waals surface area contributed by atoms with Crippen LogP contribution in [-0.4, -0.2) is 99.4 Å². The van der Waals surface area contributed by atoms with E-state index in [1.807, 2.05) is 45.9 Å². The van der Waals surface area contributed by atoms with Gasteiger partial charge < -0.3 is 35.0 Å². The molecule has 0 radical (unpaired) electrons. The molecule has 4 amide bonds. The van der Waals surface area contributed by atoms with E-state index in [0.29, 0.717) is 31.4 Å². The number of amides is 4. The van der Waals surface area contributed by atoms with Crippen LogP contribution in [0.3, 0.4) is 0 Å². The number of nitrogens with one attached hydrogen (secondary N) is 2. The van der Waals surface area contributed by atoms with E-state index in [1.54, 1.807) is 31.2 Å². The zero-order chi connectivity index (χ0) is 38.7. The van der Waals surface area contributed by atoms with Gasteiger partial charge in [0, 0.05) is 38.2 Å². The van der Waals surface area contributed by atoms with Crippen LogP contribution >= 0.6 is 11.3 Å². The molecule has 14 heteroatoms. The van der Waals surface area contributed by atoms with Crippen molar-refractivity contribution in [1.29, 1.82) is 0 Å². The Kier molecular flexibility index (Phi) is 12.4. The molecule has 12 nitrogen and oxygen atoms in total. The van der Waals surface area contributed by atoms with E-state index in [1.165, 1.54) is 16.2 Å². The van der Waals surface area contributed by atoms with E-state index < -0.39 is 52.6 Å². The Morgan fingerprint density at radius 3 is 2.42 bits per heavy atom. The number of aromatic nitrogens is 1. The maximum absolute atomic E-state index is 14.6. The average Bonchev–Trinajstić information content (AvgIpc) is 3.49. The van der Waals surface area contributed by atoms with E-state index >= 15 is 0 Å². The van der Waals surface area contributed by atoms with Gasteiger partial charge in [0.15, 0.2) is 5.67 Å². The third kappa shape index (κ3) is 10.5. The van der Waals surface area contributed by atoms with Gasteiger partial charge in [-0.25, -0.2) is 14.2 Å². The molecule has 3 heterocycles. The SMILES string of the molecule is Cc1ncsc1-c1ccc(CNC(=O)[C@@H]2C[C@@H](O)CN2C(=O)[C@@H](NC(=O)C2(F)CC2)C(C)(C)C)c(OCCCC2CCN(C(=O)OC(C)(C)C)CC2)c1. The summed E-state index contributed by atoms with van der Waals surface area (Å²) in [6.07, 6.45) is 2.68. The Labute approximate surface area is 316 Å². The third-order valence-electron chi connectivity index (χ3n) is 10.2. The molecule has 3 fully saturated rings. The molecular weight excluding hydrogens is 702 g/mol. The second-order valence-electron chi connectivity index (χ2n) is 16.8. The van der Waals surface area contributed by atoms with Crippen LogP contribution in [0.15, 0.2) is 23.7 Å². The predicted molar refractivity (Wildman–Crippen MR) is 200 cm³/mol. The Morgan fingerprint density at radius 2 is 1.81 bits per heavy atom. The number of thiazole rings is 1. The van der Waals surface area contributed by atoms with E-state index in [9.17, 15) is 28.7 Å². The highest BCUT2D eigenvalue weighted by Gasteiger charge is 2.53. The molecule has 292 valence electrons. The monoisotopic (exact) mass is 757 g/mol. The van der Waals surface area contributed by atoms with Gasteiger partial charge in [0.25, 0.3) is 5.91 Å². The molecule has 0 unspecified atom stereocenters. The Morgan fingerprint density at radius 1 is 1.11 bits per heavy atom. The van der Waals surface area contributed by atoms with Gasteiger partial charge in [0.05, 0.1) is 28.8 Å². The second kappa shape index (κ2) is 16.3. The molecule has 0 spiro atoms. The summed E-state index contributed by atoms with van der Waals surface area (Å²) in [5, 5.41) is 16.1. The lowest BCUT2D eigenvalue weighted by Crippen LogP contribution is -2.59. The van der Waals surface area contributed by atoms with Crippen LogP contribution in [0.4, 0.5) is 9.18 Å². The van der Waals surface area contributed by atoms with Crippen LogP contribution in [0.2, 0.25) is 0 Å². The number of carbonyl (C=O) groups excluding carboxylic acids is 4. The van der Waals surface area contributed by atoms with Gasteiger partial charge in [-0.05, 0) is 89.2 Å².